The van der Waals surface area contributed by atoms with E-state index in [-0.39, 0.29) is 0 Å². The maximum Gasteiger partial charge on any atom is 0.315 e. The predicted molar refractivity (Wildman–Crippen MR) is 143 cm³/mol. The molecular weight excluding hydrogens is 448 g/mol. The number of fused-ring (bicyclic) bond motifs is 4. The van der Waals surface area contributed by atoms with Crippen LogP contribution in [0.15, 0.2) is 34.3 Å². The molecule has 0 amide bonds. The standard InChI is InChI=1S/C28H40N8/c1-9-29-25-27-33(19-17-31(25)11-1)13-3-15-35(27)21-23-5-7-24(8-6-23)22-36-16-4-14-34-20-18-32-12-2-10-30-26(32)28(34)36/h5-8H,1-4,9-22H2/q+2. The van der Waals surface area contributed by atoms with Crippen molar-refractivity contribution in [1.29, 1.82) is 0 Å². The molecule has 0 saturated carbocycles. The lowest BCUT2D eigenvalue weighted by Gasteiger charge is -2.38. The van der Waals surface area contributed by atoms with Gasteiger partial charge in [-0.1, -0.05) is 24.3 Å². The molecule has 6 aliphatic rings. The van der Waals surface area contributed by atoms with Crippen molar-refractivity contribution >= 4 is 23.3 Å². The summed E-state index contributed by atoms with van der Waals surface area (Å²) < 4.78 is 5.17. The minimum Gasteiger partial charge on any atom is -0.346 e. The Morgan fingerprint density at radius 1 is 0.556 bits per heavy atom. The van der Waals surface area contributed by atoms with Gasteiger partial charge in [0.1, 0.15) is 26.2 Å². The molecule has 36 heavy (non-hydrogen) atoms. The first-order chi connectivity index (χ1) is 17.8. The van der Waals surface area contributed by atoms with Crippen LogP contribution >= 0.6 is 0 Å². The molecule has 0 fully saturated rings. The second-order valence-corrected chi connectivity index (χ2v) is 11.1. The molecule has 6 heterocycles. The monoisotopic (exact) mass is 488 g/mol. The van der Waals surface area contributed by atoms with Gasteiger partial charge in [-0.15, -0.1) is 0 Å². The normalized spacial score (nSPS) is 24.1. The van der Waals surface area contributed by atoms with E-state index in [0.29, 0.717) is 0 Å². The van der Waals surface area contributed by atoms with E-state index in [9.17, 15) is 0 Å². The number of amidine groups is 4. The van der Waals surface area contributed by atoms with Crippen LogP contribution in [0.5, 0.6) is 0 Å². The van der Waals surface area contributed by atoms with Gasteiger partial charge < -0.3 is 9.80 Å². The van der Waals surface area contributed by atoms with E-state index in [1.807, 2.05) is 0 Å². The first kappa shape index (κ1) is 22.3. The summed E-state index contributed by atoms with van der Waals surface area (Å²) in [6.07, 6.45) is 4.86. The van der Waals surface area contributed by atoms with Gasteiger partial charge in [-0.2, -0.15) is 0 Å². The van der Waals surface area contributed by atoms with Crippen molar-refractivity contribution in [2.75, 3.05) is 78.5 Å². The fourth-order valence-corrected chi connectivity index (χ4v) is 6.88. The van der Waals surface area contributed by atoms with Crippen LogP contribution in [0.1, 0.15) is 36.8 Å². The summed E-state index contributed by atoms with van der Waals surface area (Å²) in [5, 5.41) is 0. The number of rotatable bonds is 4. The first-order valence-electron chi connectivity index (χ1n) is 14.2. The molecule has 6 aliphatic heterocycles. The van der Waals surface area contributed by atoms with Gasteiger partial charge in [0.2, 0.25) is 11.7 Å². The highest BCUT2D eigenvalue weighted by Crippen LogP contribution is 2.20. The number of hydrogen-bond donors (Lipinski definition) is 0. The quantitative estimate of drug-likeness (QED) is 0.597. The Labute approximate surface area is 214 Å². The van der Waals surface area contributed by atoms with Crippen LogP contribution in [0.25, 0.3) is 0 Å². The molecule has 0 bridgehead atoms. The largest absolute Gasteiger partial charge is 0.346 e. The molecule has 7 rings (SSSR count). The van der Waals surface area contributed by atoms with Crippen molar-refractivity contribution in [3.8, 4) is 0 Å². The predicted octanol–water partition coefficient (Wildman–Crippen LogP) is 1.16. The van der Waals surface area contributed by atoms with E-state index >= 15 is 0 Å². The van der Waals surface area contributed by atoms with Crippen LogP contribution in [-0.2, 0) is 13.1 Å². The van der Waals surface area contributed by atoms with Crippen molar-refractivity contribution in [3.05, 3.63) is 35.4 Å². The average molecular weight is 489 g/mol. The summed E-state index contributed by atoms with van der Waals surface area (Å²) in [5.74, 6) is 5.28. The lowest BCUT2D eigenvalue weighted by Crippen LogP contribution is -2.59. The third-order valence-electron chi connectivity index (χ3n) is 8.65. The Bertz CT molecular complexity index is 1040. The van der Waals surface area contributed by atoms with E-state index in [4.69, 9.17) is 9.98 Å². The molecule has 1 aromatic rings. The van der Waals surface area contributed by atoms with Crippen molar-refractivity contribution < 1.29 is 9.15 Å². The van der Waals surface area contributed by atoms with E-state index < -0.39 is 0 Å². The Hall–Kier alpha value is -2.90. The molecule has 0 unspecified atom stereocenters. The molecule has 0 N–H and O–H groups in total. The highest BCUT2D eigenvalue weighted by atomic mass is 15.4. The van der Waals surface area contributed by atoms with Crippen LogP contribution in [0.3, 0.4) is 0 Å². The van der Waals surface area contributed by atoms with Crippen LogP contribution in [-0.4, -0.2) is 131 Å². The minimum absolute atomic E-state index is 0.972. The Morgan fingerprint density at radius 2 is 1.03 bits per heavy atom. The van der Waals surface area contributed by atoms with Gasteiger partial charge in [0, 0.05) is 39.0 Å². The van der Waals surface area contributed by atoms with Crippen LogP contribution in [0.4, 0.5) is 0 Å². The highest BCUT2D eigenvalue weighted by Gasteiger charge is 2.40. The summed E-state index contributed by atoms with van der Waals surface area (Å²) >= 11 is 0. The van der Waals surface area contributed by atoms with Crippen LogP contribution in [0.2, 0.25) is 0 Å². The third kappa shape index (κ3) is 4.08. The van der Waals surface area contributed by atoms with E-state index in [0.717, 1.165) is 78.5 Å². The SMILES string of the molecule is c1cc(CN2CCC[N+]3=C2C2=NCCCN2CC3)ccc1CN1CCC[N+]2=C1C1=NCCCN1CC2. The van der Waals surface area contributed by atoms with Crippen molar-refractivity contribution in [2.24, 2.45) is 9.98 Å². The van der Waals surface area contributed by atoms with Gasteiger partial charge in [0.05, 0.1) is 39.3 Å². The van der Waals surface area contributed by atoms with Gasteiger partial charge in [0.25, 0.3) is 0 Å². The lowest BCUT2D eigenvalue weighted by molar-refractivity contribution is -0.539. The second-order valence-electron chi connectivity index (χ2n) is 11.1. The summed E-state index contributed by atoms with van der Waals surface area (Å²) in [5.41, 5.74) is 2.80. The van der Waals surface area contributed by atoms with Gasteiger partial charge in [-0.25, -0.2) is 0 Å². The zero-order chi connectivity index (χ0) is 23.9. The van der Waals surface area contributed by atoms with Crippen molar-refractivity contribution in [3.63, 3.8) is 0 Å². The molecule has 0 aromatic heterocycles. The topological polar surface area (TPSA) is 43.7 Å². The molecule has 190 valence electrons. The molecule has 0 atom stereocenters. The fraction of sp³-hybridized carbons (Fsp3) is 0.643. The zero-order valence-electron chi connectivity index (χ0n) is 21.6. The molecular formula is C28H40N8+2. The Kier molecular flexibility index (Phi) is 5.90. The zero-order valence-corrected chi connectivity index (χ0v) is 21.6. The van der Waals surface area contributed by atoms with Crippen LogP contribution < -0.4 is 0 Å². The van der Waals surface area contributed by atoms with E-state index in [1.165, 1.54) is 73.2 Å². The van der Waals surface area contributed by atoms with E-state index in [1.54, 1.807) is 0 Å². The molecule has 8 heteroatoms. The van der Waals surface area contributed by atoms with Crippen molar-refractivity contribution in [1.82, 2.24) is 19.6 Å². The minimum atomic E-state index is 0.972. The maximum atomic E-state index is 4.97. The molecule has 0 aliphatic carbocycles. The van der Waals surface area contributed by atoms with Gasteiger partial charge in [-0.05, 0) is 24.0 Å². The molecule has 0 spiro atoms. The third-order valence-corrected chi connectivity index (χ3v) is 8.65. The Balaban J connectivity index is 1.08. The van der Waals surface area contributed by atoms with Gasteiger partial charge >= 0.3 is 11.7 Å². The Morgan fingerprint density at radius 3 is 1.50 bits per heavy atom. The van der Waals surface area contributed by atoms with Crippen molar-refractivity contribution in [2.45, 2.75) is 38.8 Å². The van der Waals surface area contributed by atoms with E-state index in [2.05, 4.69) is 53.0 Å². The summed E-state index contributed by atoms with van der Waals surface area (Å²) in [4.78, 5) is 20.1. The molecule has 0 radical (unpaired) electrons. The average Bonchev–Trinajstić information content (AvgIpc) is 2.94. The summed E-state index contributed by atoms with van der Waals surface area (Å²) in [7, 11) is 0. The fourth-order valence-electron chi connectivity index (χ4n) is 6.88. The summed E-state index contributed by atoms with van der Waals surface area (Å²) in [6.45, 7) is 15.3. The second kappa shape index (κ2) is 9.52. The highest BCUT2D eigenvalue weighted by molar-refractivity contribution is 6.39. The van der Waals surface area contributed by atoms with Gasteiger partial charge in [0.15, 0.2) is 0 Å². The molecule has 8 nitrogen and oxygen atoms in total. The van der Waals surface area contributed by atoms with Gasteiger partial charge in [-0.3, -0.25) is 28.9 Å². The molecule has 0 saturated heterocycles. The number of hydrogen-bond acceptors (Lipinski definition) is 6. The summed E-state index contributed by atoms with van der Waals surface area (Å²) in [6, 6.07) is 9.43. The lowest BCUT2D eigenvalue weighted by atomic mass is 10.1. The number of benzene rings is 1. The van der Waals surface area contributed by atoms with Crippen LogP contribution in [0, 0.1) is 0 Å². The number of nitrogens with zero attached hydrogens (tertiary/aromatic N) is 8. The number of aliphatic imine (C=N–C) groups is 2. The maximum absolute atomic E-state index is 4.97. The smallest absolute Gasteiger partial charge is 0.315 e. The first-order valence-corrected chi connectivity index (χ1v) is 14.2. The molecule has 1 aromatic carbocycles.